The van der Waals surface area contributed by atoms with E-state index >= 15 is 0 Å². The lowest BCUT2D eigenvalue weighted by molar-refractivity contribution is 0.168. The largest absolute Gasteiger partial charge is 0.494 e. The Bertz CT molecular complexity index is 967. The normalized spacial score (nSPS) is 18.9. The van der Waals surface area contributed by atoms with Crippen molar-refractivity contribution in [3.05, 3.63) is 71.3 Å². The molecule has 3 unspecified atom stereocenters. The Morgan fingerprint density at radius 2 is 1.65 bits per heavy atom. The zero-order chi connectivity index (χ0) is 29.2. The van der Waals surface area contributed by atoms with Crippen LogP contribution in [0.15, 0.2) is 54.6 Å². The Balaban J connectivity index is 0.00000274. The lowest BCUT2D eigenvalue weighted by Crippen LogP contribution is -2.40. The van der Waals surface area contributed by atoms with Crippen molar-refractivity contribution < 1.29 is 9.47 Å². The van der Waals surface area contributed by atoms with E-state index in [0.29, 0.717) is 25.2 Å². The fraction of sp³-hybridized carbons (Fsp3) is 0.622. The molecule has 0 radical (unpaired) electrons. The van der Waals surface area contributed by atoms with Crippen molar-refractivity contribution in [3.8, 4) is 11.5 Å². The molecule has 0 bridgehead atoms. The predicted octanol–water partition coefficient (Wildman–Crippen LogP) is 10.3. The molecule has 3 heteroatoms. The second kappa shape index (κ2) is 19.0. The molecule has 0 amide bonds. The Labute approximate surface area is 247 Å². The van der Waals surface area contributed by atoms with E-state index < -0.39 is 0 Å². The van der Waals surface area contributed by atoms with Crippen molar-refractivity contribution in [1.29, 1.82) is 0 Å². The summed E-state index contributed by atoms with van der Waals surface area (Å²) in [5.41, 5.74) is 3.88. The second-order valence-electron chi connectivity index (χ2n) is 11.4. The van der Waals surface area contributed by atoms with Crippen LogP contribution in [0.4, 0.5) is 0 Å². The Kier molecular flexibility index (Phi) is 16.1. The van der Waals surface area contributed by atoms with Gasteiger partial charge in [0.2, 0.25) is 0 Å². The van der Waals surface area contributed by atoms with Gasteiger partial charge in [-0.1, -0.05) is 114 Å². The minimum atomic E-state index is -0.0720. The number of fused-ring (bicyclic) bond motifs is 1. The van der Waals surface area contributed by atoms with Crippen LogP contribution in [0, 0.1) is 6.92 Å². The maximum atomic E-state index is 6.37. The average molecular weight is 550 g/mol. The molecule has 224 valence electrons. The summed E-state index contributed by atoms with van der Waals surface area (Å²) in [6.07, 6.45) is 19.0. The first-order valence-electron chi connectivity index (χ1n) is 16.3. The van der Waals surface area contributed by atoms with Gasteiger partial charge in [0, 0.05) is 23.4 Å². The van der Waals surface area contributed by atoms with Crippen molar-refractivity contribution in [3.63, 3.8) is 0 Å². The SMILES string of the molecule is CC.CCCCCCC(CCCCC/C=C/CC1c2ccc(OCC)cc2OCC1(C)c1ccc(C)cc1)NC. The lowest BCUT2D eigenvalue weighted by Gasteiger charge is -2.42. The van der Waals surface area contributed by atoms with E-state index in [-0.39, 0.29) is 5.41 Å². The average Bonchev–Trinajstić information content (AvgIpc) is 2.98. The minimum absolute atomic E-state index is 0.0720. The molecular weight excluding hydrogens is 490 g/mol. The van der Waals surface area contributed by atoms with Crippen molar-refractivity contribution in [2.45, 2.75) is 130 Å². The third-order valence-corrected chi connectivity index (χ3v) is 8.46. The maximum Gasteiger partial charge on any atom is 0.126 e. The zero-order valence-corrected chi connectivity index (χ0v) is 26.9. The summed E-state index contributed by atoms with van der Waals surface area (Å²) in [6, 6.07) is 16.1. The first-order chi connectivity index (χ1) is 19.5. The summed E-state index contributed by atoms with van der Waals surface area (Å²) in [6.45, 7) is 14.2. The number of rotatable bonds is 17. The van der Waals surface area contributed by atoms with Gasteiger partial charge in [-0.25, -0.2) is 0 Å². The fourth-order valence-corrected chi connectivity index (χ4v) is 5.89. The van der Waals surface area contributed by atoms with Gasteiger partial charge in [0.1, 0.15) is 11.5 Å². The van der Waals surface area contributed by atoms with E-state index in [1.54, 1.807) is 0 Å². The zero-order valence-electron chi connectivity index (χ0n) is 26.9. The maximum absolute atomic E-state index is 6.37. The number of benzene rings is 2. The van der Waals surface area contributed by atoms with E-state index in [4.69, 9.17) is 9.47 Å². The summed E-state index contributed by atoms with van der Waals surface area (Å²) in [4.78, 5) is 0. The molecule has 1 aliphatic heterocycles. The topological polar surface area (TPSA) is 30.5 Å². The van der Waals surface area contributed by atoms with Gasteiger partial charge in [0.25, 0.3) is 0 Å². The standard InChI is InChI=1S/C35H53NO2.C2H6/c1-6-8-9-14-17-30(36-5)18-15-12-10-11-13-16-19-33-32-25-24-31(37-7-2)26-34(32)38-27-35(33,4)29-22-20-28(3)21-23-29;1-2/h13,16,20-26,30,33,36H,6-12,14-15,17-19,27H2,1-5H3;1-2H3/b16-13+;. The van der Waals surface area contributed by atoms with Crippen molar-refractivity contribution in [2.24, 2.45) is 0 Å². The van der Waals surface area contributed by atoms with Crippen LogP contribution in [0.5, 0.6) is 11.5 Å². The minimum Gasteiger partial charge on any atom is -0.494 e. The molecule has 2 aromatic carbocycles. The van der Waals surface area contributed by atoms with Crippen molar-refractivity contribution >= 4 is 0 Å². The summed E-state index contributed by atoms with van der Waals surface area (Å²) < 4.78 is 12.1. The van der Waals surface area contributed by atoms with E-state index in [9.17, 15) is 0 Å². The fourth-order valence-electron chi connectivity index (χ4n) is 5.89. The molecule has 2 aromatic rings. The molecule has 3 nitrogen and oxygen atoms in total. The molecule has 1 N–H and O–H groups in total. The van der Waals surface area contributed by atoms with Gasteiger partial charge < -0.3 is 14.8 Å². The van der Waals surface area contributed by atoms with Crippen LogP contribution in [0.1, 0.15) is 128 Å². The first kappa shape index (κ1) is 33.9. The van der Waals surface area contributed by atoms with Gasteiger partial charge in [-0.15, -0.1) is 0 Å². The number of hydrogen-bond acceptors (Lipinski definition) is 3. The highest BCUT2D eigenvalue weighted by Crippen LogP contribution is 2.49. The Morgan fingerprint density at radius 3 is 2.30 bits per heavy atom. The van der Waals surface area contributed by atoms with Gasteiger partial charge in [-0.05, 0) is 70.2 Å². The summed E-state index contributed by atoms with van der Waals surface area (Å²) in [5, 5.41) is 3.54. The molecule has 3 rings (SSSR count). The smallest absolute Gasteiger partial charge is 0.126 e. The monoisotopic (exact) mass is 549 g/mol. The molecular formula is C37H59NO2. The van der Waals surface area contributed by atoms with E-state index in [2.05, 4.69) is 87.8 Å². The Morgan fingerprint density at radius 1 is 0.950 bits per heavy atom. The number of hydrogen-bond donors (Lipinski definition) is 1. The molecule has 0 aromatic heterocycles. The van der Waals surface area contributed by atoms with E-state index in [0.717, 1.165) is 17.9 Å². The van der Waals surface area contributed by atoms with E-state index in [1.165, 1.54) is 80.9 Å². The summed E-state index contributed by atoms with van der Waals surface area (Å²) in [7, 11) is 2.13. The summed E-state index contributed by atoms with van der Waals surface area (Å²) >= 11 is 0. The number of allylic oxidation sites excluding steroid dienone is 2. The van der Waals surface area contributed by atoms with Crippen LogP contribution in [0.3, 0.4) is 0 Å². The molecule has 3 atom stereocenters. The molecule has 40 heavy (non-hydrogen) atoms. The molecule has 0 spiro atoms. The first-order valence-corrected chi connectivity index (χ1v) is 16.3. The Hall–Kier alpha value is -2.26. The number of ether oxygens (including phenoxy) is 2. The number of unbranched alkanes of at least 4 members (excludes halogenated alkanes) is 6. The third-order valence-electron chi connectivity index (χ3n) is 8.46. The van der Waals surface area contributed by atoms with Gasteiger partial charge >= 0.3 is 0 Å². The second-order valence-corrected chi connectivity index (χ2v) is 11.4. The molecule has 1 heterocycles. The van der Waals surface area contributed by atoms with Crippen LogP contribution < -0.4 is 14.8 Å². The van der Waals surface area contributed by atoms with Crippen LogP contribution in [-0.2, 0) is 5.41 Å². The van der Waals surface area contributed by atoms with E-state index in [1.807, 2.05) is 20.8 Å². The molecule has 0 saturated carbocycles. The lowest BCUT2D eigenvalue weighted by atomic mass is 9.66. The molecule has 1 aliphatic rings. The third kappa shape index (κ3) is 10.3. The van der Waals surface area contributed by atoms with Gasteiger partial charge in [-0.2, -0.15) is 0 Å². The molecule has 0 saturated heterocycles. The number of nitrogens with one attached hydrogen (secondary N) is 1. The highest BCUT2D eigenvalue weighted by Gasteiger charge is 2.42. The quantitative estimate of drug-likeness (QED) is 0.157. The van der Waals surface area contributed by atoms with Crippen LogP contribution in [0.2, 0.25) is 0 Å². The van der Waals surface area contributed by atoms with Gasteiger partial charge in [-0.3, -0.25) is 0 Å². The number of aryl methyl sites for hydroxylation is 1. The van der Waals surface area contributed by atoms with Crippen LogP contribution >= 0.6 is 0 Å². The van der Waals surface area contributed by atoms with Gasteiger partial charge in [0.05, 0.1) is 13.2 Å². The van der Waals surface area contributed by atoms with Crippen LogP contribution in [0.25, 0.3) is 0 Å². The molecule has 0 fully saturated rings. The highest BCUT2D eigenvalue weighted by molar-refractivity contribution is 5.48. The van der Waals surface area contributed by atoms with Crippen molar-refractivity contribution in [2.75, 3.05) is 20.3 Å². The van der Waals surface area contributed by atoms with Crippen LogP contribution in [-0.4, -0.2) is 26.3 Å². The summed E-state index contributed by atoms with van der Waals surface area (Å²) in [5.74, 6) is 2.23. The van der Waals surface area contributed by atoms with Crippen molar-refractivity contribution in [1.82, 2.24) is 5.32 Å². The highest BCUT2D eigenvalue weighted by atomic mass is 16.5. The van der Waals surface area contributed by atoms with Gasteiger partial charge in [0.15, 0.2) is 0 Å². The molecule has 0 aliphatic carbocycles. The predicted molar refractivity (Wildman–Crippen MR) is 174 cm³/mol.